The van der Waals surface area contributed by atoms with Gasteiger partial charge in [-0.15, -0.1) is 0 Å². The van der Waals surface area contributed by atoms with E-state index in [-0.39, 0.29) is 18.9 Å². The maximum atomic E-state index is 12.1. The Hall–Kier alpha value is -3.61. The van der Waals surface area contributed by atoms with Crippen molar-refractivity contribution < 1.29 is 23.5 Å². The standard InChI is InChI=1S/C23H24N2O5/c1-3-16-6-4-5-7-19(16)25-21(26)12-24-22(27)14-30-23(28)11-17-13-29-20-10-15(2)8-9-18(17)20/h4-10,13H,3,11-12,14H2,1-2H3,(H,24,27)(H,25,26). The monoisotopic (exact) mass is 408 g/mol. The van der Waals surface area contributed by atoms with Crippen molar-refractivity contribution in [3.8, 4) is 0 Å². The highest BCUT2D eigenvalue weighted by atomic mass is 16.5. The van der Waals surface area contributed by atoms with Gasteiger partial charge < -0.3 is 19.8 Å². The Morgan fingerprint density at radius 1 is 1.03 bits per heavy atom. The third-order valence-corrected chi connectivity index (χ3v) is 4.63. The van der Waals surface area contributed by atoms with Crippen molar-refractivity contribution >= 4 is 34.4 Å². The van der Waals surface area contributed by atoms with E-state index < -0.39 is 18.5 Å². The number of rotatable bonds is 8. The van der Waals surface area contributed by atoms with Crippen LogP contribution in [0.3, 0.4) is 0 Å². The number of benzene rings is 2. The molecule has 7 nitrogen and oxygen atoms in total. The first-order chi connectivity index (χ1) is 14.5. The molecule has 0 aliphatic rings. The van der Waals surface area contributed by atoms with E-state index in [1.807, 2.05) is 50.2 Å². The van der Waals surface area contributed by atoms with E-state index in [1.54, 1.807) is 6.07 Å². The van der Waals surface area contributed by atoms with E-state index in [1.165, 1.54) is 6.26 Å². The molecule has 0 bridgehead atoms. The van der Waals surface area contributed by atoms with Crippen LogP contribution in [-0.2, 0) is 32.0 Å². The van der Waals surface area contributed by atoms with Crippen molar-refractivity contribution in [3.05, 3.63) is 65.4 Å². The number of nitrogens with one attached hydrogen (secondary N) is 2. The molecule has 2 aromatic carbocycles. The van der Waals surface area contributed by atoms with Gasteiger partial charge in [-0.1, -0.05) is 37.3 Å². The van der Waals surface area contributed by atoms with E-state index in [9.17, 15) is 14.4 Å². The van der Waals surface area contributed by atoms with Gasteiger partial charge in [-0.2, -0.15) is 0 Å². The lowest BCUT2D eigenvalue weighted by Gasteiger charge is -2.10. The number of furan rings is 1. The van der Waals surface area contributed by atoms with E-state index in [0.717, 1.165) is 22.9 Å². The Morgan fingerprint density at radius 3 is 2.63 bits per heavy atom. The molecule has 7 heteroatoms. The molecule has 0 atom stereocenters. The molecular weight excluding hydrogens is 384 g/mol. The highest BCUT2D eigenvalue weighted by Gasteiger charge is 2.14. The molecule has 1 aromatic heterocycles. The second-order valence-corrected chi connectivity index (χ2v) is 6.93. The third kappa shape index (κ3) is 5.47. The van der Waals surface area contributed by atoms with E-state index in [0.29, 0.717) is 16.8 Å². The number of esters is 1. The molecule has 0 aliphatic heterocycles. The SMILES string of the molecule is CCc1ccccc1NC(=O)CNC(=O)COC(=O)Cc1coc2cc(C)ccc12. The van der Waals surface area contributed by atoms with Crippen LogP contribution in [0.15, 0.2) is 53.1 Å². The number of carbonyl (C=O) groups is 3. The van der Waals surface area contributed by atoms with Gasteiger partial charge in [-0.25, -0.2) is 0 Å². The van der Waals surface area contributed by atoms with Gasteiger partial charge in [0.1, 0.15) is 5.58 Å². The quantitative estimate of drug-likeness (QED) is 0.558. The van der Waals surface area contributed by atoms with Crippen LogP contribution < -0.4 is 10.6 Å². The van der Waals surface area contributed by atoms with Gasteiger partial charge in [-0.3, -0.25) is 14.4 Å². The Labute approximate surface area is 174 Å². The summed E-state index contributed by atoms with van der Waals surface area (Å²) in [5, 5.41) is 6.04. The first-order valence-corrected chi connectivity index (χ1v) is 9.73. The number of fused-ring (bicyclic) bond motifs is 1. The molecule has 30 heavy (non-hydrogen) atoms. The maximum Gasteiger partial charge on any atom is 0.310 e. The zero-order valence-electron chi connectivity index (χ0n) is 17.0. The van der Waals surface area contributed by atoms with E-state index in [4.69, 9.17) is 9.15 Å². The lowest BCUT2D eigenvalue weighted by atomic mass is 10.1. The molecule has 3 rings (SSSR count). The molecule has 3 aromatic rings. The first kappa shape index (κ1) is 21.1. The van der Waals surface area contributed by atoms with Crippen LogP contribution in [0.5, 0.6) is 0 Å². The minimum Gasteiger partial charge on any atom is -0.464 e. The van der Waals surface area contributed by atoms with E-state index in [2.05, 4.69) is 10.6 Å². The molecule has 2 N–H and O–H groups in total. The summed E-state index contributed by atoms with van der Waals surface area (Å²) in [4.78, 5) is 36.0. The predicted molar refractivity (Wildman–Crippen MR) is 113 cm³/mol. The molecular formula is C23H24N2O5. The maximum absolute atomic E-state index is 12.1. The lowest BCUT2D eigenvalue weighted by molar-refractivity contribution is -0.147. The first-order valence-electron chi connectivity index (χ1n) is 9.73. The fraction of sp³-hybridized carbons (Fsp3) is 0.261. The summed E-state index contributed by atoms with van der Waals surface area (Å²) >= 11 is 0. The fourth-order valence-electron chi connectivity index (χ4n) is 3.05. The van der Waals surface area contributed by atoms with Crippen molar-refractivity contribution in [1.82, 2.24) is 5.32 Å². The Bertz CT molecular complexity index is 1070. The van der Waals surface area contributed by atoms with Gasteiger partial charge >= 0.3 is 5.97 Å². The Kier molecular flexibility index (Phi) is 6.85. The van der Waals surface area contributed by atoms with Crippen LogP contribution in [-0.4, -0.2) is 30.9 Å². The van der Waals surface area contributed by atoms with Crippen LogP contribution in [0.2, 0.25) is 0 Å². The number of para-hydroxylation sites is 1. The minimum absolute atomic E-state index is 0.00235. The molecule has 0 radical (unpaired) electrons. The number of hydrogen-bond donors (Lipinski definition) is 2. The van der Waals surface area contributed by atoms with Crippen molar-refractivity contribution in [3.63, 3.8) is 0 Å². The molecule has 1 heterocycles. The number of aryl methyl sites for hydroxylation is 2. The summed E-state index contributed by atoms with van der Waals surface area (Å²) < 4.78 is 10.5. The zero-order chi connectivity index (χ0) is 21.5. The minimum atomic E-state index is -0.547. The number of amides is 2. The number of ether oxygens (including phenoxy) is 1. The summed E-state index contributed by atoms with van der Waals surface area (Å²) in [6.45, 7) is 3.29. The molecule has 2 amide bonds. The van der Waals surface area contributed by atoms with Crippen molar-refractivity contribution in [2.24, 2.45) is 0 Å². The van der Waals surface area contributed by atoms with Crippen LogP contribution in [0.4, 0.5) is 5.69 Å². The molecule has 0 saturated carbocycles. The van der Waals surface area contributed by atoms with Gasteiger partial charge in [0, 0.05) is 16.6 Å². The Balaban J connectivity index is 1.42. The normalized spacial score (nSPS) is 10.6. The summed E-state index contributed by atoms with van der Waals surface area (Å²) in [5.41, 5.74) is 4.18. The fourth-order valence-corrected chi connectivity index (χ4v) is 3.05. The van der Waals surface area contributed by atoms with Crippen LogP contribution >= 0.6 is 0 Å². The average Bonchev–Trinajstić information content (AvgIpc) is 3.12. The van der Waals surface area contributed by atoms with Gasteiger partial charge in [0.25, 0.3) is 5.91 Å². The molecule has 0 unspecified atom stereocenters. The van der Waals surface area contributed by atoms with Crippen LogP contribution in [0.25, 0.3) is 11.0 Å². The van der Waals surface area contributed by atoms with Crippen LogP contribution in [0, 0.1) is 6.92 Å². The third-order valence-electron chi connectivity index (χ3n) is 4.63. The smallest absolute Gasteiger partial charge is 0.310 e. The van der Waals surface area contributed by atoms with Gasteiger partial charge in [0.15, 0.2) is 6.61 Å². The van der Waals surface area contributed by atoms with Gasteiger partial charge in [-0.05, 0) is 36.6 Å². The number of anilines is 1. The van der Waals surface area contributed by atoms with Gasteiger partial charge in [0.05, 0.1) is 19.2 Å². The van der Waals surface area contributed by atoms with Gasteiger partial charge in [0.2, 0.25) is 5.91 Å². The van der Waals surface area contributed by atoms with Crippen LogP contribution in [0.1, 0.15) is 23.6 Å². The molecule has 156 valence electrons. The number of carbonyl (C=O) groups excluding carboxylic acids is 3. The molecule has 0 saturated heterocycles. The topological polar surface area (TPSA) is 97.6 Å². The Morgan fingerprint density at radius 2 is 1.83 bits per heavy atom. The molecule has 0 spiro atoms. The summed E-state index contributed by atoms with van der Waals surface area (Å²) in [7, 11) is 0. The zero-order valence-corrected chi connectivity index (χ0v) is 17.0. The highest BCUT2D eigenvalue weighted by molar-refractivity contribution is 5.95. The average molecular weight is 408 g/mol. The predicted octanol–water partition coefficient (Wildman–Crippen LogP) is 3.14. The summed E-state index contributed by atoms with van der Waals surface area (Å²) in [6.07, 6.45) is 2.30. The van der Waals surface area contributed by atoms with Crippen molar-refractivity contribution in [2.75, 3.05) is 18.5 Å². The molecule has 0 fully saturated rings. The second kappa shape index (κ2) is 9.73. The number of hydrogen-bond acceptors (Lipinski definition) is 5. The largest absolute Gasteiger partial charge is 0.464 e. The summed E-state index contributed by atoms with van der Waals surface area (Å²) in [5.74, 6) is -1.44. The second-order valence-electron chi connectivity index (χ2n) is 6.93. The van der Waals surface area contributed by atoms with Crippen molar-refractivity contribution in [1.29, 1.82) is 0 Å². The highest BCUT2D eigenvalue weighted by Crippen LogP contribution is 2.23. The molecule has 0 aliphatic carbocycles. The summed E-state index contributed by atoms with van der Waals surface area (Å²) in [6, 6.07) is 13.2. The lowest BCUT2D eigenvalue weighted by Crippen LogP contribution is -2.35. The van der Waals surface area contributed by atoms with Crippen molar-refractivity contribution in [2.45, 2.75) is 26.7 Å². The van der Waals surface area contributed by atoms with E-state index >= 15 is 0 Å².